The van der Waals surface area contributed by atoms with E-state index in [1.807, 2.05) is 0 Å². The van der Waals surface area contributed by atoms with E-state index in [0.717, 1.165) is 11.2 Å². The Balaban J connectivity index is 2.34. The third-order valence-electron chi connectivity index (χ3n) is 2.46. The number of anilines is 1. The van der Waals surface area contributed by atoms with E-state index < -0.39 is 23.6 Å². The first-order valence-electron chi connectivity index (χ1n) is 4.87. The molecule has 88 valence electrons. The molecule has 0 aliphatic carbocycles. The van der Waals surface area contributed by atoms with E-state index in [9.17, 15) is 14.0 Å². The van der Waals surface area contributed by atoms with Crippen LogP contribution < -0.4 is 5.01 Å². The molecule has 0 radical (unpaired) electrons. The standard InChI is InChI=1S/C11H9FN2O3/c1-6-4-7(12)2-3-9(6)14-10(15)8(5-13-14)11(16)17/h2-5,8H,1H3,(H,16,17). The van der Waals surface area contributed by atoms with Crippen molar-refractivity contribution in [2.75, 3.05) is 5.01 Å². The maximum Gasteiger partial charge on any atom is 0.321 e. The Morgan fingerprint density at radius 1 is 1.53 bits per heavy atom. The molecule has 1 heterocycles. The fourth-order valence-electron chi connectivity index (χ4n) is 1.59. The molecule has 5 nitrogen and oxygen atoms in total. The molecule has 17 heavy (non-hydrogen) atoms. The molecule has 0 spiro atoms. The number of carbonyl (C=O) groups excluding carboxylic acids is 1. The van der Waals surface area contributed by atoms with E-state index >= 15 is 0 Å². The molecule has 1 aromatic carbocycles. The third kappa shape index (κ3) is 1.89. The van der Waals surface area contributed by atoms with Crippen molar-refractivity contribution in [3.8, 4) is 0 Å². The number of hydrazone groups is 1. The first-order chi connectivity index (χ1) is 8.00. The topological polar surface area (TPSA) is 70.0 Å². The fraction of sp³-hybridized carbons (Fsp3) is 0.182. The average Bonchev–Trinajstić information content (AvgIpc) is 2.60. The van der Waals surface area contributed by atoms with Crippen molar-refractivity contribution in [3.63, 3.8) is 0 Å². The monoisotopic (exact) mass is 236 g/mol. The van der Waals surface area contributed by atoms with Crippen LogP contribution in [0, 0.1) is 18.7 Å². The molecule has 1 aliphatic heterocycles. The second-order valence-corrected chi connectivity index (χ2v) is 3.66. The van der Waals surface area contributed by atoms with Gasteiger partial charge in [-0.05, 0) is 30.7 Å². The first-order valence-corrected chi connectivity index (χ1v) is 4.87. The van der Waals surface area contributed by atoms with Gasteiger partial charge in [0.15, 0.2) is 5.92 Å². The zero-order valence-electron chi connectivity index (χ0n) is 8.92. The molecule has 1 amide bonds. The van der Waals surface area contributed by atoms with Gasteiger partial charge in [-0.2, -0.15) is 10.1 Å². The Bertz CT molecular complexity index is 527. The van der Waals surface area contributed by atoms with Crippen LogP contribution in [-0.4, -0.2) is 23.2 Å². The highest BCUT2D eigenvalue weighted by Gasteiger charge is 2.35. The average molecular weight is 236 g/mol. The van der Waals surface area contributed by atoms with Gasteiger partial charge in [0.2, 0.25) is 0 Å². The fourth-order valence-corrected chi connectivity index (χ4v) is 1.59. The molecule has 0 fully saturated rings. The normalized spacial score (nSPS) is 18.8. The zero-order valence-corrected chi connectivity index (χ0v) is 8.92. The summed E-state index contributed by atoms with van der Waals surface area (Å²) in [5.74, 6) is -3.58. The third-order valence-corrected chi connectivity index (χ3v) is 2.46. The van der Waals surface area contributed by atoms with Crippen molar-refractivity contribution in [1.29, 1.82) is 0 Å². The van der Waals surface area contributed by atoms with Crippen LogP contribution in [0.15, 0.2) is 23.3 Å². The molecule has 0 aromatic heterocycles. The van der Waals surface area contributed by atoms with Crippen LogP contribution in [-0.2, 0) is 9.59 Å². The summed E-state index contributed by atoms with van der Waals surface area (Å²) in [6.45, 7) is 1.62. The van der Waals surface area contributed by atoms with E-state index in [0.29, 0.717) is 11.3 Å². The largest absolute Gasteiger partial charge is 0.480 e. The Morgan fingerprint density at radius 2 is 2.24 bits per heavy atom. The van der Waals surface area contributed by atoms with Crippen LogP contribution in [0.4, 0.5) is 10.1 Å². The minimum Gasteiger partial charge on any atom is -0.480 e. The van der Waals surface area contributed by atoms with Gasteiger partial charge in [0, 0.05) is 6.21 Å². The highest BCUT2D eigenvalue weighted by molar-refractivity contribution is 6.19. The number of amides is 1. The first kappa shape index (κ1) is 11.3. The molecule has 1 aliphatic rings. The molecule has 1 aromatic rings. The minimum absolute atomic E-state index is 0.386. The maximum atomic E-state index is 12.9. The van der Waals surface area contributed by atoms with E-state index in [2.05, 4.69) is 5.10 Å². The molecule has 6 heteroatoms. The number of carboxylic acid groups (broad SMARTS) is 1. The summed E-state index contributed by atoms with van der Waals surface area (Å²) >= 11 is 0. The van der Waals surface area contributed by atoms with Crippen molar-refractivity contribution in [2.45, 2.75) is 6.92 Å². The van der Waals surface area contributed by atoms with E-state index in [1.54, 1.807) is 6.92 Å². The number of halogens is 1. The summed E-state index contributed by atoms with van der Waals surface area (Å²) in [4.78, 5) is 22.4. The number of carbonyl (C=O) groups is 2. The summed E-state index contributed by atoms with van der Waals surface area (Å²) in [6, 6.07) is 3.84. The molecular formula is C11H9FN2O3. The summed E-state index contributed by atoms with van der Waals surface area (Å²) < 4.78 is 12.9. The van der Waals surface area contributed by atoms with Crippen molar-refractivity contribution < 1.29 is 19.1 Å². The Hall–Kier alpha value is -2.24. The van der Waals surface area contributed by atoms with Crippen LogP contribution in [0.3, 0.4) is 0 Å². The van der Waals surface area contributed by atoms with Gasteiger partial charge in [-0.3, -0.25) is 9.59 Å². The SMILES string of the molecule is Cc1cc(F)ccc1N1N=CC(C(=O)O)C1=O. The Labute approximate surface area is 96.2 Å². The Morgan fingerprint density at radius 3 is 2.76 bits per heavy atom. The molecule has 1 atom stereocenters. The second-order valence-electron chi connectivity index (χ2n) is 3.66. The van der Waals surface area contributed by atoms with Crippen LogP contribution in [0.1, 0.15) is 5.56 Å². The number of nitrogens with zero attached hydrogens (tertiary/aromatic N) is 2. The van der Waals surface area contributed by atoms with Crippen LogP contribution >= 0.6 is 0 Å². The number of aryl methyl sites for hydroxylation is 1. The van der Waals surface area contributed by atoms with Crippen LogP contribution in [0.2, 0.25) is 0 Å². The molecule has 1 unspecified atom stereocenters. The summed E-state index contributed by atoms with van der Waals surface area (Å²) in [5.41, 5.74) is 0.901. The number of benzene rings is 1. The number of rotatable bonds is 2. The van der Waals surface area contributed by atoms with Gasteiger partial charge in [-0.25, -0.2) is 4.39 Å². The summed E-state index contributed by atoms with van der Waals surface area (Å²) in [7, 11) is 0. The molecule has 0 bridgehead atoms. The highest BCUT2D eigenvalue weighted by Crippen LogP contribution is 2.25. The highest BCUT2D eigenvalue weighted by atomic mass is 19.1. The van der Waals surface area contributed by atoms with Crippen molar-refractivity contribution in [2.24, 2.45) is 11.0 Å². The summed E-state index contributed by atoms with van der Waals surface area (Å²) in [6.07, 6.45) is 1.06. The van der Waals surface area contributed by atoms with E-state index in [1.165, 1.54) is 18.2 Å². The summed E-state index contributed by atoms with van der Waals surface area (Å²) in [5, 5.41) is 13.5. The van der Waals surface area contributed by atoms with Crippen LogP contribution in [0.25, 0.3) is 0 Å². The van der Waals surface area contributed by atoms with Crippen LogP contribution in [0.5, 0.6) is 0 Å². The lowest BCUT2D eigenvalue weighted by Crippen LogP contribution is -2.31. The zero-order chi connectivity index (χ0) is 12.6. The molecular weight excluding hydrogens is 227 g/mol. The minimum atomic E-state index is -1.26. The molecule has 0 saturated heterocycles. The lowest BCUT2D eigenvalue weighted by Gasteiger charge is -2.15. The van der Waals surface area contributed by atoms with Crippen molar-refractivity contribution in [1.82, 2.24) is 0 Å². The smallest absolute Gasteiger partial charge is 0.321 e. The molecule has 0 saturated carbocycles. The van der Waals surface area contributed by atoms with Crippen molar-refractivity contribution in [3.05, 3.63) is 29.6 Å². The second kappa shape index (κ2) is 3.97. The number of carboxylic acids is 1. The molecule has 2 rings (SSSR count). The number of hydrogen-bond acceptors (Lipinski definition) is 3. The van der Waals surface area contributed by atoms with Gasteiger partial charge < -0.3 is 5.11 Å². The van der Waals surface area contributed by atoms with Gasteiger partial charge in [-0.15, -0.1) is 0 Å². The van der Waals surface area contributed by atoms with Gasteiger partial charge in [0.05, 0.1) is 5.69 Å². The van der Waals surface area contributed by atoms with Gasteiger partial charge >= 0.3 is 5.97 Å². The maximum absolute atomic E-state index is 12.9. The Kier molecular flexibility index (Phi) is 2.63. The van der Waals surface area contributed by atoms with Gasteiger partial charge in [0.1, 0.15) is 5.82 Å². The lowest BCUT2D eigenvalue weighted by molar-refractivity contribution is -0.142. The quantitative estimate of drug-likeness (QED) is 0.783. The van der Waals surface area contributed by atoms with E-state index in [-0.39, 0.29) is 0 Å². The van der Waals surface area contributed by atoms with Gasteiger partial charge in [0.25, 0.3) is 5.91 Å². The van der Waals surface area contributed by atoms with E-state index in [4.69, 9.17) is 5.11 Å². The van der Waals surface area contributed by atoms with Crippen molar-refractivity contribution >= 4 is 23.8 Å². The predicted molar refractivity (Wildman–Crippen MR) is 58.2 cm³/mol. The van der Waals surface area contributed by atoms with Gasteiger partial charge in [-0.1, -0.05) is 0 Å². The molecule has 1 N–H and O–H groups in total. The number of aliphatic carboxylic acids is 1. The predicted octanol–water partition coefficient (Wildman–Crippen LogP) is 1.17. The lowest BCUT2D eigenvalue weighted by atomic mass is 10.1. The number of hydrogen-bond donors (Lipinski definition) is 1.